The van der Waals surface area contributed by atoms with Gasteiger partial charge in [-0.3, -0.25) is 4.79 Å². The van der Waals surface area contributed by atoms with Gasteiger partial charge in [0.1, 0.15) is 5.69 Å². The summed E-state index contributed by atoms with van der Waals surface area (Å²) in [5, 5.41) is 12.0. The van der Waals surface area contributed by atoms with Gasteiger partial charge in [0, 0.05) is 24.8 Å². The number of hydrogen-bond donors (Lipinski definition) is 3. The van der Waals surface area contributed by atoms with Crippen LogP contribution in [0.4, 0.5) is 0 Å². The van der Waals surface area contributed by atoms with Crippen LogP contribution in [0.2, 0.25) is 0 Å². The van der Waals surface area contributed by atoms with Crippen LogP contribution in [0.1, 0.15) is 42.7 Å². The molecule has 1 amide bonds. The Balaban J connectivity index is 1.94. The molecule has 2 atom stereocenters. The summed E-state index contributed by atoms with van der Waals surface area (Å²) in [5.41, 5.74) is 6.36. The van der Waals surface area contributed by atoms with Gasteiger partial charge in [-0.05, 0) is 38.3 Å². The standard InChI is InChI=1S/C13H21N3O2/c1-9(17)11(14)8-15-13(18)12-6-3-7-16(12)10-4-2-5-10/h3,6-7,9-11,17H,2,4-5,8,14H2,1H3,(H,15,18). The molecule has 0 saturated heterocycles. The molecular formula is C13H21N3O2. The van der Waals surface area contributed by atoms with Crippen molar-refractivity contribution in [1.82, 2.24) is 9.88 Å². The van der Waals surface area contributed by atoms with Gasteiger partial charge in [0.15, 0.2) is 0 Å². The van der Waals surface area contributed by atoms with E-state index in [2.05, 4.69) is 5.32 Å². The van der Waals surface area contributed by atoms with E-state index in [4.69, 9.17) is 5.73 Å². The lowest BCUT2D eigenvalue weighted by atomic mass is 9.93. The second-order valence-corrected chi connectivity index (χ2v) is 5.00. The smallest absolute Gasteiger partial charge is 0.267 e. The molecule has 1 fully saturated rings. The molecule has 1 saturated carbocycles. The minimum absolute atomic E-state index is 0.122. The zero-order valence-corrected chi connectivity index (χ0v) is 10.7. The lowest BCUT2D eigenvalue weighted by Crippen LogP contribution is -2.44. The van der Waals surface area contributed by atoms with Crippen molar-refractivity contribution in [3.8, 4) is 0 Å². The maximum absolute atomic E-state index is 12.0. The van der Waals surface area contributed by atoms with Crippen LogP contribution in [-0.2, 0) is 0 Å². The van der Waals surface area contributed by atoms with Gasteiger partial charge in [-0.25, -0.2) is 0 Å². The Labute approximate surface area is 107 Å². The minimum Gasteiger partial charge on any atom is -0.392 e. The number of amides is 1. The van der Waals surface area contributed by atoms with E-state index in [0.717, 1.165) is 12.8 Å². The highest BCUT2D eigenvalue weighted by atomic mass is 16.3. The van der Waals surface area contributed by atoms with Crippen LogP contribution in [0.5, 0.6) is 0 Å². The Morgan fingerprint density at radius 2 is 2.39 bits per heavy atom. The number of nitrogens with zero attached hydrogens (tertiary/aromatic N) is 1. The van der Waals surface area contributed by atoms with Crippen molar-refractivity contribution >= 4 is 5.91 Å². The molecule has 100 valence electrons. The molecule has 0 aromatic carbocycles. The molecule has 0 radical (unpaired) electrons. The Hall–Kier alpha value is -1.33. The van der Waals surface area contributed by atoms with Crippen LogP contribution in [-0.4, -0.2) is 34.3 Å². The number of aromatic nitrogens is 1. The van der Waals surface area contributed by atoms with Gasteiger partial charge in [-0.1, -0.05) is 0 Å². The number of rotatable bonds is 5. The lowest BCUT2D eigenvalue weighted by Gasteiger charge is -2.28. The molecular weight excluding hydrogens is 230 g/mol. The van der Waals surface area contributed by atoms with Gasteiger partial charge in [-0.15, -0.1) is 0 Å². The summed E-state index contributed by atoms with van der Waals surface area (Å²) in [4.78, 5) is 12.0. The maximum atomic E-state index is 12.0. The molecule has 1 aliphatic rings. The number of aliphatic hydroxyl groups is 1. The fraction of sp³-hybridized carbons (Fsp3) is 0.615. The van der Waals surface area contributed by atoms with Crippen LogP contribution in [0.25, 0.3) is 0 Å². The molecule has 2 unspecified atom stereocenters. The molecule has 18 heavy (non-hydrogen) atoms. The van der Waals surface area contributed by atoms with Crippen molar-refractivity contribution < 1.29 is 9.90 Å². The monoisotopic (exact) mass is 251 g/mol. The number of carbonyl (C=O) groups is 1. The first-order valence-corrected chi connectivity index (χ1v) is 6.48. The van der Waals surface area contributed by atoms with E-state index in [1.54, 1.807) is 6.92 Å². The normalized spacial score (nSPS) is 19.1. The lowest BCUT2D eigenvalue weighted by molar-refractivity contribution is 0.0922. The SMILES string of the molecule is CC(O)C(N)CNC(=O)c1cccn1C1CCC1. The third-order valence-electron chi connectivity index (χ3n) is 3.60. The van der Waals surface area contributed by atoms with E-state index >= 15 is 0 Å². The van der Waals surface area contributed by atoms with E-state index in [-0.39, 0.29) is 12.5 Å². The van der Waals surface area contributed by atoms with Crippen molar-refractivity contribution in [1.29, 1.82) is 0 Å². The zero-order valence-electron chi connectivity index (χ0n) is 10.7. The molecule has 0 aliphatic heterocycles. The van der Waals surface area contributed by atoms with Crippen molar-refractivity contribution in [2.45, 2.75) is 44.4 Å². The second-order valence-electron chi connectivity index (χ2n) is 5.00. The van der Waals surface area contributed by atoms with Crippen LogP contribution in [0.15, 0.2) is 18.3 Å². The molecule has 1 aromatic rings. The third kappa shape index (κ3) is 2.73. The van der Waals surface area contributed by atoms with Gasteiger partial charge in [0.05, 0.1) is 6.10 Å². The Bertz CT molecular complexity index is 410. The molecule has 1 heterocycles. The van der Waals surface area contributed by atoms with Gasteiger partial charge < -0.3 is 20.7 Å². The van der Waals surface area contributed by atoms with E-state index < -0.39 is 12.1 Å². The van der Waals surface area contributed by atoms with E-state index in [1.165, 1.54) is 6.42 Å². The fourth-order valence-corrected chi connectivity index (χ4v) is 2.04. The summed E-state index contributed by atoms with van der Waals surface area (Å²) in [6, 6.07) is 3.75. The molecule has 1 aromatic heterocycles. The molecule has 2 rings (SSSR count). The molecule has 5 heteroatoms. The number of nitrogens with one attached hydrogen (secondary N) is 1. The largest absolute Gasteiger partial charge is 0.392 e. The highest BCUT2D eigenvalue weighted by molar-refractivity contribution is 5.92. The average molecular weight is 251 g/mol. The fourth-order valence-electron chi connectivity index (χ4n) is 2.04. The van der Waals surface area contributed by atoms with Crippen LogP contribution < -0.4 is 11.1 Å². The topological polar surface area (TPSA) is 80.3 Å². The van der Waals surface area contributed by atoms with E-state index in [9.17, 15) is 9.90 Å². The van der Waals surface area contributed by atoms with Crippen LogP contribution >= 0.6 is 0 Å². The van der Waals surface area contributed by atoms with Crippen LogP contribution in [0, 0.1) is 0 Å². The molecule has 4 N–H and O–H groups in total. The van der Waals surface area contributed by atoms with Gasteiger partial charge in [-0.2, -0.15) is 0 Å². The third-order valence-corrected chi connectivity index (χ3v) is 3.60. The first-order chi connectivity index (χ1) is 8.59. The summed E-state index contributed by atoms with van der Waals surface area (Å²) in [7, 11) is 0. The zero-order chi connectivity index (χ0) is 13.1. The summed E-state index contributed by atoms with van der Waals surface area (Å²) in [6.45, 7) is 1.90. The van der Waals surface area contributed by atoms with E-state index in [0.29, 0.717) is 11.7 Å². The van der Waals surface area contributed by atoms with Crippen LogP contribution in [0.3, 0.4) is 0 Å². The quantitative estimate of drug-likeness (QED) is 0.719. The molecule has 1 aliphatic carbocycles. The van der Waals surface area contributed by atoms with Gasteiger partial charge >= 0.3 is 0 Å². The predicted octanol–water partition coefficient (Wildman–Crippen LogP) is 0.651. The van der Waals surface area contributed by atoms with Gasteiger partial charge in [0.25, 0.3) is 5.91 Å². The first-order valence-electron chi connectivity index (χ1n) is 6.48. The Morgan fingerprint density at radius 3 is 2.94 bits per heavy atom. The molecule has 0 bridgehead atoms. The molecule has 5 nitrogen and oxygen atoms in total. The summed E-state index contributed by atoms with van der Waals surface area (Å²) < 4.78 is 2.03. The Morgan fingerprint density at radius 1 is 1.67 bits per heavy atom. The maximum Gasteiger partial charge on any atom is 0.267 e. The van der Waals surface area contributed by atoms with Crippen molar-refractivity contribution in [3.63, 3.8) is 0 Å². The number of aliphatic hydroxyl groups excluding tert-OH is 1. The Kier molecular flexibility index (Phi) is 4.04. The van der Waals surface area contributed by atoms with E-state index in [1.807, 2.05) is 22.9 Å². The predicted molar refractivity (Wildman–Crippen MR) is 69.3 cm³/mol. The highest BCUT2D eigenvalue weighted by Gasteiger charge is 2.23. The molecule has 0 spiro atoms. The summed E-state index contributed by atoms with van der Waals surface area (Å²) >= 11 is 0. The average Bonchev–Trinajstić information content (AvgIpc) is 2.71. The minimum atomic E-state index is -0.622. The highest BCUT2D eigenvalue weighted by Crippen LogP contribution is 2.32. The van der Waals surface area contributed by atoms with Crippen molar-refractivity contribution in [2.24, 2.45) is 5.73 Å². The second kappa shape index (κ2) is 5.54. The number of nitrogens with two attached hydrogens (primary N) is 1. The van der Waals surface area contributed by atoms with Crippen molar-refractivity contribution in [3.05, 3.63) is 24.0 Å². The number of carbonyl (C=O) groups excluding carboxylic acids is 1. The summed E-state index contributed by atoms with van der Waals surface area (Å²) in [5.74, 6) is -0.122. The number of hydrogen-bond acceptors (Lipinski definition) is 3. The van der Waals surface area contributed by atoms with Gasteiger partial charge in [0.2, 0.25) is 0 Å². The first kappa shape index (κ1) is 13.1. The summed E-state index contributed by atoms with van der Waals surface area (Å²) in [6.07, 6.45) is 4.85. The van der Waals surface area contributed by atoms with Crippen molar-refractivity contribution in [2.75, 3.05) is 6.54 Å².